The van der Waals surface area contributed by atoms with Gasteiger partial charge in [0.05, 0.1) is 15.7 Å². The molecule has 5 heteroatoms. The van der Waals surface area contributed by atoms with E-state index in [2.05, 4.69) is 155 Å². The highest BCUT2D eigenvalue weighted by molar-refractivity contribution is 7.26. The molecule has 8 aromatic rings. The summed E-state index contributed by atoms with van der Waals surface area (Å²) >= 11 is 1.88. The molecule has 4 nitrogen and oxygen atoms in total. The number of nitrogens with zero attached hydrogens (tertiary/aromatic N) is 2. The van der Waals surface area contributed by atoms with Gasteiger partial charge in [-0.15, -0.1) is 11.3 Å². The van der Waals surface area contributed by atoms with Crippen LogP contribution in [0.15, 0.2) is 151 Å². The first kappa shape index (κ1) is 25.3. The lowest BCUT2D eigenvalue weighted by Crippen LogP contribution is -2.44. The predicted molar refractivity (Wildman–Crippen MR) is 185 cm³/mol. The summed E-state index contributed by atoms with van der Waals surface area (Å²) in [7, 11) is 0. The molecule has 0 spiro atoms. The van der Waals surface area contributed by atoms with E-state index in [1.165, 1.54) is 47.5 Å². The molecule has 0 saturated heterocycles. The molecule has 6 aromatic carbocycles. The van der Waals surface area contributed by atoms with Crippen molar-refractivity contribution in [3.05, 3.63) is 162 Å². The van der Waals surface area contributed by atoms with Crippen molar-refractivity contribution in [2.45, 2.75) is 12.3 Å². The molecule has 2 N–H and O–H groups in total. The zero-order chi connectivity index (χ0) is 29.0. The van der Waals surface area contributed by atoms with Crippen molar-refractivity contribution in [2.24, 2.45) is 4.99 Å². The van der Waals surface area contributed by atoms with Crippen LogP contribution in [0.2, 0.25) is 0 Å². The van der Waals surface area contributed by atoms with Gasteiger partial charge in [0.15, 0.2) is 0 Å². The van der Waals surface area contributed by atoms with E-state index in [0.29, 0.717) is 0 Å². The molecule has 0 aliphatic carbocycles. The number of thiophene rings is 1. The first-order valence-electron chi connectivity index (χ1n) is 15.0. The Kier molecular flexibility index (Phi) is 5.86. The number of benzene rings is 6. The maximum atomic E-state index is 5.14. The van der Waals surface area contributed by atoms with Crippen molar-refractivity contribution in [3.8, 4) is 5.69 Å². The van der Waals surface area contributed by atoms with Crippen LogP contribution in [0.4, 0.5) is 0 Å². The van der Waals surface area contributed by atoms with Crippen LogP contribution in [0.1, 0.15) is 29.0 Å². The third kappa shape index (κ3) is 4.05. The topological polar surface area (TPSA) is 41.4 Å². The van der Waals surface area contributed by atoms with Gasteiger partial charge in [-0.25, -0.2) is 4.99 Å². The quantitative estimate of drug-likeness (QED) is 0.216. The Morgan fingerprint density at radius 1 is 0.568 bits per heavy atom. The zero-order valence-corrected chi connectivity index (χ0v) is 24.6. The molecule has 1 aliphatic heterocycles. The second kappa shape index (κ2) is 10.2. The van der Waals surface area contributed by atoms with Crippen molar-refractivity contribution in [1.82, 2.24) is 15.2 Å². The van der Waals surface area contributed by atoms with Crippen LogP contribution in [0.3, 0.4) is 0 Å². The molecule has 44 heavy (non-hydrogen) atoms. The molecule has 2 unspecified atom stereocenters. The van der Waals surface area contributed by atoms with E-state index < -0.39 is 0 Å². The highest BCUT2D eigenvalue weighted by Crippen LogP contribution is 2.42. The summed E-state index contributed by atoms with van der Waals surface area (Å²) in [6, 6.07) is 51.9. The summed E-state index contributed by atoms with van der Waals surface area (Å²) < 4.78 is 5.08. The fourth-order valence-corrected chi connectivity index (χ4v) is 7.84. The lowest BCUT2D eigenvalue weighted by molar-refractivity contribution is 0.409. The van der Waals surface area contributed by atoms with E-state index >= 15 is 0 Å². The molecular formula is C39H28N4S. The fourth-order valence-electron chi connectivity index (χ4n) is 6.60. The SMILES string of the molecule is c1ccc(C2N=C(c3ccc(-n4c5ccccc5c5ccc6c7ccccc7sc6c54)cc3)NC(c3ccccc3)N2)cc1. The number of hydrogen-bond donors (Lipinski definition) is 2. The number of aromatic nitrogens is 1. The zero-order valence-electron chi connectivity index (χ0n) is 23.8. The van der Waals surface area contributed by atoms with Gasteiger partial charge in [-0.2, -0.15) is 0 Å². The van der Waals surface area contributed by atoms with Crippen molar-refractivity contribution >= 4 is 59.2 Å². The minimum absolute atomic E-state index is 0.0628. The Labute approximate surface area is 258 Å². The largest absolute Gasteiger partial charge is 0.350 e. The average molecular weight is 585 g/mol. The number of fused-ring (bicyclic) bond motifs is 7. The molecular weight excluding hydrogens is 557 g/mol. The van der Waals surface area contributed by atoms with Gasteiger partial charge in [0, 0.05) is 37.5 Å². The summed E-state index contributed by atoms with van der Waals surface area (Å²) in [5, 5.41) is 12.5. The Balaban J connectivity index is 1.19. The molecule has 0 amide bonds. The Hall–Kier alpha value is -5.23. The molecule has 3 heterocycles. The summed E-state index contributed by atoms with van der Waals surface area (Å²) in [6.45, 7) is 0. The molecule has 0 fully saturated rings. The monoisotopic (exact) mass is 584 g/mol. The van der Waals surface area contributed by atoms with Crippen molar-refractivity contribution in [2.75, 3.05) is 0 Å². The lowest BCUT2D eigenvalue weighted by Gasteiger charge is -2.32. The number of nitrogens with one attached hydrogen (secondary N) is 2. The minimum atomic E-state index is -0.157. The minimum Gasteiger partial charge on any atom is -0.350 e. The van der Waals surface area contributed by atoms with Gasteiger partial charge in [-0.1, -0.05) is 109 Å². The molecule has 1 aliphatic rings. The van der Waals surface area contributed by atoms with E-state index in [0.717, 1.165) is 22.6 Å². The van der Waals surface area contributed by atoms with Gasteiger partial charge < -0.3 is 9.88 Å². The first-order valence-corrected chi connectivity index (χ1v) is 15.8. The number of hydrogen-bond acceptors (Lipinski definition) is 4. The third-order valence-corrected chi connectivity index (χ3v) is 9.88. The van der Waals surface area contributed by atoms with Crippen LogP contribution in [-0.4, -0.2) is 10.4 Å². The van der Waals surface area contributed by atoms with E-state index in [-0.39, 0.29) is 12.3 Å². The summed E-state index contributed by atoms with van der Waals surface area (Å²) in [4.78, 5) is 5.14. The van der Waals surface area contributed by atoms with Gasteiger partial charge in [0.1, 0.15) is 18.2 Å². The highest BCUT2D eigenvalue weighted by Gasteiger charge is 2.25. The van der Waals surface area contributed by atoms with E-state index in [1.54, 1.807) is 0 Å². The second-order valence-corrected chi connectivity index (χ2v) is 12.3. The van der Waals surface area contributed by atoms with Gasteiger partial charge in [0.25, 0.3) is 0 Å². The maximum Gasteiger partial charge on any atom is 0.131 e. The Bertz CT molecular complexity index is 2330. The van der Waals surface area contributed by atoms with Crippen LogP contribution in [-0.2, 0) is 0 Å². The molecule has 0 bridgehead atoms. The highest BCUT2D eigenvalue weighted by atomic mass is 32.1. The first-order chi connectivity index (χ1) is 21.8. The standard InChI is InChI=1S/C39H28N4S/c1-3-11-25(12-4-1)37-40-38(26-13-5-2-6-14-26)42-39(41-37)27-19-21-28(22-20-27)43-33-17-9-7-15-29(33)31-23-24-32-30-16-8-10-18-34(30)44-36(32)35(31)43/h1-24,37-38,40H,(H,41,42). The number of para-hydroxylation sites is 1. The number of amidine groups is 1. The van der Waals surface area contributed by atoms with E-state index in [9.17, 15) is 0 Å². The third-order valence-electron chi connectivity index (χ3n) is 8.69. The average Bonchev–Trinajstić information content (AvgIpc) is 3.65. The van der Waals surface area contributed by atoms with E-state index in [4.69, 9.17) is 4.99 Å². The van der Waals surface area contributed by atoms with Crippen molar-refractivity contribution in [3.63, 3.8) is 0 Å². The van der Waals surface area contributed by atoms with Gasteiger partial charge in [0.2, 0.25) is 0 Å². The predicted octanol–water partition coefficient (Wildman–Crippen LogP) is 9.49. The molecule has 0 saturated carbocycles. The van der Waals surface area contributed by atoms with Crippen molar-refractivity contribution < 1.29 is 0 Å². The maximum absolute atomic E-state index is 5.14. The van der Waals surface area contributed by atoms with Gasteiger partial charge in [-0.3, -0.25) is 5.32 Å². The van der Waals surface area contributed by atoms with Crippen LogP contribution in [0.25, 0.3) is 47.7 Å². The van der Waals surface area contributed by atoms with Crippen LogP contribution < -0.4 is 10.6 Å². The molecule has 210 valence electrons. The second-order valence-electron chi connectivity index (χ2n) is 11.3. The Morgan fingerprint density at radius 3 is 2.02 bits per heavy atom. The molecule has 2 atom stereocenters. The molecule has 9 rings (SSSR count). The Morgan fingerprint density at radius 2 is 1.23 bits per heavy atom. The normalized spacial score (nSPS) is 16.9. The lowest BCUT2D eigenvalue weighted by atomic mass is 10.1. The fraction of sp³-hybridized carbons (Fsp3) is 0.0513. The summed E-state index contributed by atoms with van der Waals surface area (Å²) in [5.41, 5.74) is 6.99. The number of rotatable bonds is 4. The van der Waals surface area contributed by atoms with Crippen LogP contribution >= 0.6 is 11.3 Å². The van der Waals surface area contributed by atoms with Crippen molar-refractivity contribution in [1.29, 1.82) is 0 Å². The molecule has 2 aromatic heterocycles. The van der Waals surface area contributed by atoms with Gasteiger partial charge in [-0.05, 0) is 47.5 Å². The van der Waals surface area contributed by atoms with Gasteiger partial charge >= 0.3 is 0 Å². The smallest absolute Gasteiger partial charge is 0.131 e. The summed E-state index contributed by atoms with van der Waals surface area (Å²) in [5.74, 6) is 0.882. The summed E-state index contributed by atoms with van der Waals surface area (Å²) in [6.07, 6.45) is -0.219. The number of aliphatic imine (C=N–C) groups is 1. The van der Waals surface area contributed by atoms with Crippen LogP contribution in [0.5, 0.6) is 0 Å². The molecule has 0 radical (unpaired) electrons. The van der Waals surface area contributed by atoms with Crippen LogP contribution in [0, 0.1) is 0 Å². The van der Waals surface area contributed by atoms with E-state index in [1.807, 2.05) is 17.4 Å².